The van der Waals surface area contributed by atoms with E-state index in [1.165, 1.54) is 0 Å². The smallest absolute Gasteiger partial charge is 0.222 e. The van der Waals surface area contributed by atoms with Gasteiger partial charge in [0.1, 0.15) is 0 Å². The zero-order valence-electron chi connectivity index (χ0n) is 16.4. The fourth-order valence-corrected chi connectivity index (χ4v) is 5.79. The SMILES string of the molecule is CCCCN1C[C@]2(CCCN(CCS(=O)(=O)c3ccccc3)C2)CCC1=O. The molecule has 0 aliphatic carbocycles. The van der Waals surface area contributed by atoms with Gasteiger partial charge in [-0.3, -0.25) is 4.79 Å². The van der Waals surface area contributed by atoms with Gasteiger partial charge < -0.3 is 9.80 Å². The van der Waals surface area contributed by atoms with Crippen molar-refractivity contribution < 1.29 is 13.2 Å². The number of rotatable bonds is 7. The van der Waals surface area contributed by atoms with E-state index in [1.807, 2.05) is 6.07 Å². The van der Waals surface area contributed by atoms with Gasteiger partial charge in [-0.15, -0.1) is 0 Å². The lowest BCUT2D eigenvalue weighted by atomic mass is 9.73. The Balaban J connectivity index is 1.60. The second-order valence-corrected chi connectivity index (χ2v) is 10.3. The lowest BCUT2D eigenvalue weighted by Gasteiger charge is -2.48. The van der Waals surface area contributed by atoms with Crippen LogP contribution in [-0.4, -0.2) is 62.6 Å². The summed E-state index contributed by atoms with van der Waals surface area (Å²) in [7, 11) is -3.24. The zero-order valence-corrected chi connectivity index (χ0v) is 17.2. The van der Waals surface area contributed by atoms with E-state index in [9.17, 15) is 13.2 Å². The molecule has 0 aromatic heterocycles. The summed E-state index contributed by atoms with van der Waals surface area (Å²) >= 11 is 0. The van der Waals surface area contributed by atoms with Crippen molar-refractivity contribution in [2.45, 2.75) is 50.3 Å². The highest BCUT2D eigenvalue weighted by Crippen LogP contribution is 2.39. The Morgan fingerprint density at radius 3 is 2.59 bits per heavy atom. The van der Waals surface area contributed by atoms with Crippen LogP contribution < -0.4 is 0 Å². The Hall–Kier alpha value is -1.40. The van der Waals surface area contributed by atoms with Gasteiger partial charge in [0.2, 0.25) is 5.91 Å². The summed E-state index contributed by atoms with van der Waals surface area (Å²) in [6.45, 7) is 6.29. The van der Waals surface area contributed by atoms with Crippen LogP contribution in [0, 0.1) is 5.41 Å². The third-order valence-electron chi connectivity index (χ3n) is 6.05. The normalized spacial score (nSPS) is 24.5. The summed E-state index contributed by atoms with van der Waals surface area (Å²) in [6, 6.07) is 8.72. The predicted octanol–water partition coefficient (Wildman–Crippen LogP) is 2.97. The van der Waals surface area contributed by atoms with E-state index in [0.717, 1.165) is 58.3 Å². The van der Waals surface area contributed by atoms with Crippen LogP contribution in [0.3, 0.4) is 0 Å². The topological polar surface area (TPSA) is 57.7 Å². The molecular formula is C21H32N2O3S. The Morgan fingerprint density at radius 1 is 1.07 bits per heavy atom. The number of unbranched alkanes of at least 4 members (excludes halogenated alkanes) is 1. The Morgan fingerprint density at radius 2 is 1.85 bits per heavy atom. The Bertz CT molecular complexity index is 735. The van der Waals surface area contributed by atoms with Crippen LogP contribution >= 0.6 is 0 Å². The Labute approximate surface area is 163 Å². The van der Waals surface area contributed by atoms with Crippen molar-refractivity contribution in [3.8, 4) is 0 Å². The molecule has 2 fully saturated rings. The molecule has 150 valence electrons. The molecular weight excluding hydrogens is 360 g/mol. The summed E-state index contributed by atoms with van der Waals surface area (Å²) in [5.74, 6) is 0.448. The molecule has 2 aliphatic heterocycles. The van der Waals surface area contributed by atoms with E-state index in [1.54, 1.807) is 24.3 Å². The van der Waals surface area contributed by atoms with Crippen LogP contribution in [-0.2, 0) is 14.6 Å². The highest BCUT2D eigenvalue weighted by atomic mass is 32.2. The average Bonchev–Trinajstić information content (AvgIpc) is 2.68. The van der Waals surface area contributed by atoms with Gasteiger partial charge in [0.25, 0.3) is 0 Å². The van der Waals surface area contributed by atoms with E-state index in [0.29, 0.717) is 17.9 Å². The van der Waals surface area contributed by atoms with E-state index in [4.69, 9.17) is 0 Å². The summed E-state index contributed by atoms with van der Waals surface area (Å²) in [4.78, 5) is 17.0. The highest BCUT2D eigenvalue weighted by Gasteiger charge is 2.41. The molecule has 2 saturated heterocycles. The monoisotopic (exact) mass is 392 g/mol. The number of carbonyl (C=O) groups is 1. The number of hydrogen-bond acceptors (Lipinski definition) is 4. The van der Waals surface area contributed by atoms with Crippen molar-refractivity contribution in [1.29, 1.82) is 0 Å². The molecule has 3 rings (SSSR count). The largest absolute Gasteiger partial charge is 0.342 e. The number of sulfone groups is 1. The lowest BCUT2D eigenvalue weighted by molar-refractivity contribution is -0.139. The molecule has 1 aromatic carbocycles. The third-order valence-corrected chi connectivity index (χ3v) is 7.76. The standard InChI is InChI=1S/C21H32N2O3S/c1-2-3-14-23-18-21(12-10-20(23)24)11-7-13-22(17-21)15-16-27(25,26)19-8-5-4-6-9-19/h4-6,8-9H,2-3,7,10-18H2,1H3/t21-/m1/s1. The first-order chi connectivity index (χ1) is 12.9. The highest BCUT2D eigenvalue weighted by molar-refractivity contribution is 7.91. The zero-order chi connectivity index (χ0) is 19.3. The molecule has 0 radical (unpaired) electrons. The fraction of sp³-hybridized carbons (Fsp3) is 0.667. The van der Waals surface area contributed by atoms with Crippen LogP contribution in [0.5, 0.6) is 0 Å². The lowest BCUT2D eigenvalue weighted by Crippen LogP contribution is -2.54. The molecule has 1 amide bonds. The molecule has 0 saturated carbocycles. The summed E-state index contributed by atoms with van der Waals surface area (Å²) in [5.41, 5.74) is 0.149. The van der Waals surface area contributed by atoms with Crippen LogP contribution in [0.4, 0.5) is 0 Å². The fourth-order valence-electron chi connectivity index (χ4n) is 4.48. The third kappa shape index (κ3) is 5.11. The van der Waals surface area contributed by atoms with Gasteiger partial charge in [0.05, 0.1) is 10.6 Å². The van der Waals surface area contributed by atoms with Crippen molar-refractivity contribution >= 4 is 15.7 Å². The molecule has 0 unspecified atom stereocenters. The van der Waals surface area contributed by atoms with Crippen LogP contribution in [0.15, 0.2) is 35.2 Å². The minimum absolute atomic E-state index is 0.149. The molecule has 2 aliphatic rings. The first kappa shape index (κ1) is 20.3. The first-order valence-corrected chi connectivity index (χ1v) is 11.9. The number of benzene rings is 1. The van der Waals surface area contributed by atoms with E-state index < -0.39 is 9.84 Å². The number of likely N-dealkylation sites (tertiary alicyclic amines) is 2. The van der Waals surface area contributed by atoms with Gasteiger partial charge >= 0.3 is 0 Å². The molecule has 1 aromatic rings. The second-order valence-electron chi connectivity index (χ2n) is 8.18. The van der Waals surface area contributed by atoms with Crippen LogP contribution in [0.2, 0.25) is 0 Å². The maximum Gasteiger partial charge on any atom is 0.222 e. The van der Waals surface area contributed by atoms with E-state index >= 15 is 0 Å². The minimum Gasteiger partial charge on any atom is -0.342 e. The van der Waals surface area contributed by atoms with Gasteiger partial charge in [0.15, 0.2) is 9.84 Å². The molecule has 1 spiro atoms. The quantitative estimate of drug-likeness (QED) is 0.716. The van der Waals surface area contributed by atoms with Gasteiger partial charge in [-0.05, 0) is 44.4 Å². The number of amides is 1. The van der Waals surface area contributed by atoms with Crippen molar-refractivity contribution in [1.82, 2.24) is 9.80 Å². The number of hydrogen-bond donors (Lipinski definition) is 0. The van der Waals surface area contributed by atoms with Crippen molar-refractivity contribution in [2.24, 2.45) is 5.41 Å². The van der Waals surface area contributed by atoms with Gasteiger partial charge in [0, 0.05) is 38.0 Å². The summed E-state index contributed by atoms with van der Waals surface area (Å²) < 4.78 is 25.2. The van der Waals surface area contributed by atoms with Gasteiger partial charge in [-0.1, -0.05) is 31.5 Å². The van der Waals surface area contributed by atoms with Crippen LogP contribution in [0.1, 0.15) is 45.4 Å². The average molecular weight is 393 g/mol. The Kier molecular flexibility index (Phi) is 6.58. The predicted molar refractivity (Wildman–Crippen MR) is 107 cm³/mol. The summed E-state index contributed by atoms with van der Waals surface area (Å²) in [5, 5.41) is 0. The number of carbonyl (C=O) groups excluding carboxylic acids is 1. The molecule has 6 heteroatoms. The molecule has 2 heterocycles. The minimum atomic E-state index is -3.24. The molecule has 0 bridgehead atoms. The van der Waals surface area contributed by atoms with Gasteiger partial charge in [-0.2, -0.15) is 0 Å². The van der Waals surface area contributed by atoms with Gasteiger partial charge in [-0.25, -0.2) is 8.42 Å². The van der Waals surface area contributed by atoms with Crippen molar-refractivity contribution in [3.63, 3.8) is 0 Å². The molecule has 5 nitrogen and oxygen atoms in total. The molecule has 1 atom stereocenters. The maximum atomic E-state index is 12.6. The van der Waals surface area contributed by atoms with Crippen molar-refractivity contribution in [2.75, 3.05) is 38.5 Å². The second kappa shape index (κ2) is 8.74. The number of piperidine rings is 2. The van der Waals surface area contributed by atoms with Crippen LogP contribution in [0.25, 0.3) is 0 Å². The molecule has 27 heavy (non-hydrogen) atoms. The van der Waals surface area contributed by atoms with Crippen molar-refractivity contribution in [3.05, 3.63) is 30.3 Å². The van der Waals surface area contributed by atoms with E-state index in [-0.39, 0.29) is 17.1 Å². The molecule has 0 N–H and O–H groups in total. The number of nitrogens with zero attached hydrogens (tertiary/aromatic N) is 2. The maximum absolute atomic E-state index is 12.6. The first-order valence-electron chi connectivity index (χ1n) is 10.2. The summed E-state index contributed by atoms with van der Waals surface area (Å²) in [6.07, 6.45) is 5.96. The van der Waals surface area contributed by atoms with E-state index in [2.05, 4.69) is 16.7 Å².